The molecule has 3 heteroatoms. The summed E-state index contributed by atoms with van der Waals surface area (Å²) in [7, 11) is 0. The van der Waals surface area contributed by atoms with E-state index in [2.05, 4.69) is 149 Å². The molecule has 3 heterocycles. The van der Waals surface area contributed by atoms with Crippen molar-refractivity contribution in [2.45, 2.75) is 0 Å². The number of hydrogen-bond donors (Lipinski definition) is 0. The van der Waals surface area contributed by atoms with E-state index < -0.39 is 0 Å². The van der Waals surface area contributed by atoms with E-state index in [9.17, 15) is 0 Å². The van der Waals surface area contributed by atoms with Gasteiger partial charge in [-0.1, -0.05) is 109 Å². The van der Waals surface area contributed by atoms with Crippen molar-refractivity contribution in [3.8, 4) is 33.4 Å². The van der Waals surface area contributed by atoms with Gasteiger partial charge in [-0.05, 0) is 57.9 Å². The molecular weight excluding hydrogens is 471 g/mol. The SMILES string of the molecule is c1ccc(-c2ccccc2N2c3cccc4c3B3c5c(cccc52)-c2ccccc2N3c2ccccc2-4)cc1. The van der Waals surface area contributed by atoms with Crippen LogP contribution in [0.3, 0.4) is 0 Å². The van der Waals surface area contributed by atoms with E-state index in [1.165, 1.54) is 72.7 Å². The van der Waals surface area contributed by atoms with Crippen molar-refractivity contribution in [2.24, 2.45) is 0 Å². The Hall–Kier alpha value is -5.02. The van der Waals surface area contributed by atoms with E-state index in [0.29, 0.717) is 0 Å². The maximum absolute atomic E-state index is 2.59. The zero-order chi connectivity index (χ0) is 25.5. The largest absolute Gasteiger partial charge is 0.376 e. The lowest BCUT2D eigenvalue weighted by atomic mass is 9.41. The number of para-hydroxylation sites is 3. The fourth-order valence-corrected chi connectivity index (χ4v) is 7.09. The molecule has 0 N–H and O–H groups in total. The number of rotatable bonds is 2. The summed E-state index contributed by atoms with van der Waals surface area (Å²) in [5, 5.41) is 0. The first-order valence-electron chi connectivity index (χ1n) is 13.6. The molecule has 0 radical (unpaired) electrons. The lowest BCUT2D eigenvalue weighted by molar-refractivity contribution is 1.26. The van der Waals surface area contributed by atoms with E-state index in [4.69, 9.17) is 0 Å². The van der Waals surface area contributed by atoms with Gasteiger partial charge in [-0.3, -0.25) is 0 Å². The van der Waals surface area contributed by atoms with E-state index in [1.54, 1.807) is 0 Å². The zero-order valence-corrected chi connectivity index (χ0v) is 21.3. The molecule has 39 heavy (non-hydrogen) atoms. The van der Waals surface area contributed by atoms with Gasteiger partial charge in [-0.25, -0.2) is 0 Å². The third-order valence-electron chi connectivity index (χ3n) is 8.59. The first-order chi connectivity index (χ1) is 19.4. The average Bonchev–Trinajstić information content (AvgIpc) is 3.02. The molecule has 0 saturated carbocycles. The smallest absolute Gasteiger partial charge is 0.333 e. The molecule has 0 fully saturated rings. The summed E-state index contributed by atoms with van der Waals surface area (Å²) in [6.07, 6.45) is 0. The summed E-state index contributed by atoms with van der Waals surface area (Å²) in [5.74, 6) is 0. The van der Waals surface area contributed by atoms with Crippen molar-refractivity contribution < 1.29 is 0 Å². The van der Waals surface area contributed by atoms with Gasteiger partial charge < -0.3 is 9.71 Å². The van der Waals surface area contributed by atoms with Gasteiger partial charge in [0.05, 0.1) is 5.69 Å². The number of anilines is 5. The molecule has 0 aromatic heterocycles. The average molecular weight is 494 g/mol. The monoisotopic (exact) mass is 494 g/mol. The molecular formula is C36H23BN2. The van der Waals surface area contributed by atoms with Gasteiger partial charge in [0.25, 0.3) is 0 Å². The molecule has 0 atom stereocenters. The minimum Gasteiger partial charge on any atom is -0.376 e. The van der Waals surface area contributed by atoms with Crippen LogP contribution >= 0.6 is 0 Å². The molecule has 6 aromatic carbocycles. The molecule has 0 spiro atoms. The lowest BCUT2D eigenvalue weighted by Crippen LogP contribution is -2.63. The van der Waals surface area contributed by atoms with Crippen molar-refractivity contribution in [2.75, 3.05) is 9.71 Å². The highest BCUT2D eigenvalue weighted by atomic mass is 15.2. The molecule has 2 nitrogen and oxygen atoms in total. The summed E-state index contributed by atoms with van der Waals surface area (Å²) in [4.78, 5) is 5.10. The summed E-state index contributed by atoms with van der Waals surface area (Å²) < 4.78 is 0. The second-order valence-electron chi connectivity index (χ2n) is 10.5. The van der Waals surface area contributed by atoms with Gasteiger partial charge in [-0.2, -0.15) is 0 Å². The van der Waals surface area contributed by atoms with Crippen molar-refractivity contribution in [1.29, 1.82) is 0 Å². The Morgan fingerprint density at radius 2 is 0.769 bits per heavy atom. The zero-order valence-electron chi connectivity index (χ0n) is 21.3. The van der Waals surface area contributed by atoms with Crippen molar-refractivity contribution >= 4 is 46.2 Å². The highest BCUT2D eigenvalue weighted by Gasteiger charge is 2.48. The minimum absolute atomic E-state index is 0.118. The first-order valence-corrected chi connectivity index (χ1v) is 13.6. The number of hydrogen-bond acceptors (Lipinski definition) is 2. The van der Waals surface area contributed by atoms with Gasteiger partial charge >= 0.3 is 6.85 Å². The van der Waals surface area contributed by atoms with Crippen molar-refractivity contribution in [3.63, 3.8) is 0 Å². The third-order valence-corrected chi connectivity index (χ3v) is 8.59. The van der Waals surface area contributed by atoms with Crippen LogP contribution in [-0.2, 0) is 0 Å². The van der Waals surface area contributed by atoms with Crippen molar-refractivity contribution in [1.82, 2.24) is 0 Å². The van der Waals surface area contributed by atoms with E-state index >= 15 is 0 Å². The van der Waals surface area contributed by atoms with Crippen LogP contribution in [-0.4, -0.2) is 6.85 Å². The van der Waals surface area contributed by atoms with Crippen LogP contribution in [0, 0.1) is 0 Å². The predicted octanol–water partition coefficient (Wildman–Crippen LogP) is 8.04. The Morgan fingerprint density at radius 3 is 1.36 bits per heavy atom. The fraction of sp³-hybridized carbons (Fsp3) is 0. The number of fused-ring (bicyclic) bond motifs is 6. The molecule has 0 bridgehead atoms. The van der Waals surface area contributed by atoms with Crippen LogP contribution in [0.1, 0.15) is 0 Å². The third kappa shape index (κ3) is 2.72. The Bertz CT molecular complexity index is 1850. The first kappa shape index (κ1) is 21.0. The van der Waals surface area contributed by atoms with Crippen molar-refractivity contribution in [3.05, 3.63) is 140 Å². The second-order valence-corrected chi connectivity index (χ2v) is 10.5. The van der Waals surface area contributed by atoms with Crippen LogP contribution in [0.25, 0.3) is 33.4 Å². The summed E-state index contributed by atoms with van der Waals surface area (Å²) >= 11 is 0. The van der Waals surface area contributed by atoms with Gasteiger partial charge in [0.1, 0.15) is 0 Å². The highest BCUT2D eigenvalue weighted by Crippen LogP contribution is 2.51. The number of benzene rings is 6. The van der Waals surface area contributed by atoms with Gasteiger partial charge in [0.15, 0.2) is 0 Å². The maximum atomic E-state index is 2.59. The van der Waals surface area contributed by atoms with Gasteiger partial charge in [-0.15, -0.1) is 0 Å². The van der Waals surface area contributed by atoms with Crippen LogP contribution < -0.4 is 20.6 Å². The Labute approximate surface area is 228 Å². The molecule has 0 amide bonds. The van der Waals surface area contributed by atoms with Crippen LogP contribution in [0.4, 0.5) is 28.4 Å². The predicted molar refractivity (Wildman–Crippen MR) is 165 cm³/mol. The normalized spacial score (nSPS) is 13.5. The summed E-state index contributed by atoms with van der Waals surface area (Å²) in [6, 6.07) is 51.1. The van der Waals surface area contributed by atoms with Crippen LogP contribution in [0.5, 0.6) is 0 Å². The molecule has 6 aromatic rings. The quantitative estimate of drug-likeness (QED) is 0.225. The molecule has 0 aliphatic carbocycles. The fourth-order valence-electron chi connectivity index (χ4n) is 7.09. The van der Waals surface area contributed by atoms with Crippen LogP contribution in [0.15, 0.2) is 140 Å². The maximum Gasteiger partial charge on any atom is 0.333 e. The van der Waals surface area contributed by atoms with E-state index in [0.717, 1.165) is 0 Å². The summed E-state index contributed by atoms with van der Waals surface area (Å²) in [5.41, 5.74) is 16.7. The van der Waals surface area contributed by atoms with E-state index in [-0.39, 0.29) is 6.85 Å². The molecule has 3 aliphatic heterocycles. The van der Waals surface area contributed by atoms with E-state index in [1.807, 2.05) is 0 Å². The summed E-state index contributed by atoms with van der Waals surface area (Å²) in [6.45, 7) is 0.118. The lowest BCUT2D eigenvalue weighted by Gasteiger charge is -2.49. The molecule has 9 rings (SSSR count). The Morgan fingerprint density at radius 1 is 0.333 bits per heavy atom. The molecule has 3 aliphatic rings. The minimum atomic E-state index is 0.118. The van der Waals surface area contributed by atoms with Gasteiger partial charge in [0.2, 0.25) is 0 Å². The Kier molecular flexibility index (Phi) is 4.17. The molecule has 0 unspecified atom stereocenters. The molecule has 0 saturated heterocycles. The standard InChI is InChI=1S/C36H23BN2/c1-2-12-24(13-3-1)25-14-4-7-19-30(25)38-33-22-10-17-28-26-15-5-8-20-31(26)39-32-21-9-6-16-27(32)29-18-11-23-34(38)36(29)37(39)35(28)33/h1-23H. The molecule has 180 valence electrons. The van der Waals surface area contributed by atoms with Gasteiger partial charge in [0, 0.05) is 39.4 Å². The highest BCUT2D eigenvalue weighted by molar-refractivity contribution is 6.95. The number of nitrogens with zero attached hydrogens (tertiary/aromatic N) is 2. The topological polar surface area (TPSA) is 6.48 Å². The Balaban J connectivity index is 1.43. The van der Waals surface area contributed by atoms with Crippen LogP contribution in [0.2, 0.25) is 0 Å². The second kappa shape index (κ2) is 7.75.